The van der Waals surface area contributed by atoms with E-state index in [4.69, 9.17) is 18.9 Å². The Morgan fingerprint density at radius 1 is 0.772 bits per heavy atom. The summed E-state index contributed by atoms with van der Waals surface area (Å²) in [7, 11) is 2.08. The number of anilines is 1. The maximum atomic E-state index is 13.1. The van der Waals surface area contributed by atoms with Crippen molar-refractivity contribution in [2.45, 2.75) is 50.4 Å². The van der Waals surface area contributed by atoms with Gasteiger partial charge in [-0.05, 0) is 60.7 Å². The molecule has 14 heteroatoms. The van der Waals surface area contributed by atoms with E-state index in [1.807, 2.05) is 36.8 Å². The van der Waals surface area contributed by atoms with E-state index in [9.17, 15) is 19.2 Å². The number of pyridine rings is 2. The van der Waals surface area contributed by atoms with Crippen molar-refractivity contribution >= 4 is 51.1 Å². The van der Waals surface area contributed by atoms with Gasteiger partial charge in [-0.25, -0.2) is 4.98 Å². The summed E-state index contributed by atoms with van der Waals surface area (Å²) in [6.07, 6.45) is 8.65. The molecule has 5 aromatic rings. The Morgan fingerprint density at radius 2 is 1.56 bits per heavy atom. The summed E-state index contributed by atoms with van der Waals surface area (Å²) in [6.45, 7) is 4.34. The number of hydrogen-bond acceptors (Lipinski definition) is 11. The topological polar surface area (TPSA) is 154 Å². The molecule has 4 amide bonds. The average Bonchev–Trinajstić information content (AvgIpc) is 3.61. The molecule has 9 rings (SSSR count). The molecule has 4 aliphatic rings. The molecule has 294 valence electrons. The number of carbonyl (C=O) groups excluding carboxylic acids is 4. The van der Waals surface area contributed by atoms with Gasteiger partial charge in [0.1, 0.15) is 12.1 Å². The third-order valence-electron chi connectivity index (χ3n) is 11.6. The molecule has 6 heterocycles. The van der Waals surface area contributed by atoms with E-state index in [1.165, 1.54) is 5.39 Å². The summed E-state index contributed by atoms with van der Waals surface area (Å²) in [6, 6.07) is 16.8. The lowest BCUT2D eigenvalue weighted by Crippen LogP contribution is -2.54. The zero-order valence-electron chi connectivity index (χ0n) is 31.7. The Kier molecular flexibility index (Phi) is 10.2. The fourth-order valence-corrected chi connectivity index (χ4v) is 8.24. The molecular formula is C43H44N6O8. The highest BCUT2D eigenvalue weighted by Gasteiger charge is 2.45. The predicted octanol–water partition coefficient (Wildman–Crippen LogP) is 4.68. The van der Waals surface area contributed by atoms with Crippen LogP contribution in [0.2, 0.25) is 0 Å². The van der Waals surface area contributed by atoms with Crippen LogP contribution in [0.25, 0.3) is 32.9 Å². The number of aryl methyl sites for hydroxylation is 1. The van der Waals surface area contributed by atoms with E-state index >= 15 is 0 Å². The van der Waals surface area contributed by atoms with Crippen LogP contribution in [0.3, 0.4) is 0 Å². The number of carbonyl (C=O) groups is 4. The van der Waals surface area contributed by atoms with Crippen molar-refractivity contribution in [3.8, 4) is 17.0 Å². The number of rotatable bonds is 15. The fraction of sp³-hybridized carbons (Fsp3) is 0.395. The van der Waals surface area contributed by atoms with Crippen LogP contribution in [-0.2, 0) is 30.8 Å². The quantitative estimate of drug-likeness (QED) is 0.117. The number of ether oxygens (including phenoxy) is 4. The number of amides is 4. The van der Waals surface area contributed by atoms with Gasteiger partial charge in [0.05, 0.1) is 49.2 Å². The normalized spacial score (nSPS) is 20.9. The zero-order valence-corrected chi connectivity index (χ0v) is 31.7. The lowest BCUT2D eigenvalue weighted by Gasteiger charge is -2.41. The van der Waals surface area contributed by atoms with Gasteiger partial charge in [-0.3, -0.25) is 34.4 Å². The van der Waals surface area contributed by atoms with Gasteiger partial charge >= 0.3 is 0 Å². The molecule has 3 aliphatic heterocycles. The first kappa shape index (κ1) is 36.9. The molecule has 1 atom stereocenters. The van der Waals surface area contributed by atoms with E-state index in [1.54, 1.807) is 12.1 Å². The van der Waals surface area contributed by atoms with E-state index in [-0.39, 0.29) is 30.6 Å². The van der Waals surface area contributed by atoms with Crippen molar-refractivity contribution in [2.75, 3.05) is 51.0 Å². The van der Waals surface area contributed by atoms with Crippen LogP contribution in [0.5, 0.6) is 5.88 Å². The van der Waals surface area contributed by atoms with Crippen molar-refractivity contribution in [2.24, 2.45) is 13.0 Å². The lowest BCUT2D eigenvalue weighted by atomic mass is 9.92. The van der Waals surface area contributed by atoms with Crippen molar-refractivity contribution in [3.63, 3.8) is 0 Å². The summed E-state index contributed by atoms with van der Waals surface area (Å²) in [5, 5.41) is 4.56. The number of fused-ring (bicyclic) bond motifs is 4. The highest BCUT2D eigenvalue weighted by atomic mass is 16.6. The van der Waals surface area contributed by atoms with Crippen LogP contribution < -0.4 is 15.0 Å². The molecule has 2 saturated heterocycles. The minimum Gasteiger partial charge on any atom is -0.474 e. The zero-order chi connectivity index (χ0) is 39.0. The first-order valence-corrected chi connectivity index (χ1v) is 19.6. The van der Waals surface area contributed by atoms with E-state index < -0.39 is 29.7 Å². The number of nitrogens with one attached hydrogen (secondary N) is 1. The minimum atomic E-state index is -0.967. The van der Waals surface area contributed by atoms with E-state index in [2.05, 4.69) is 56.1 Å². The maximum Gasteiger partial charge on any atom is 0.262 e. The largest absolute Gasteiger partial charge is 0.474 e. The Balaban J connectivity index is 0.618. The first-order chi connectivity index (χ1) is 27.8. The second-order valence-corrected chi connectivity index (χ2v) is 15.2. The van der Waals surface area contributed by atoms with Crippen LogP contribution in [0.4, 0.5) is 5.69 Å². The van der Waals surface area contributed by atoms with Crippen molar-refractivity contribution in [1.29, 1.82) is 0 Å². The van der Waals surface area contributed by atoms with Gasteiger partial charge in [-0.15, -0.1) is 0 Å². The summed E-state index contributed by atoms with van der Waals surface area (Å²) in [4.78, 5) is 62.0. The van der Waals surface area contributed by atoms with Crippen molar-refractivity contribution in [1.82, 2.24) is 24.8 Å². The number of imide groups is 2. The molecule has 57 heavy (non-hydrogen) atoms. The van der Waals surface area contributed by atoms with Gasteiger partial charge in [0, 0.05) is 98.2 Å². The third-order valence-corrected chi connectivity index (χ3v) is 11.6. The van der Waals surface area contributed by atoms with Gasteiger partial charge in [-0.2, -0.15) is 0 Å². The molecular weight excluding hydrogens is 729 g/mol. The van der Waals surface area contributed by atoms with Crippen LogP contribution >= 0.6 is 0 Å². The number of aromatic nitrogens is 3. The Morgan fingerprint density at radius 3 is 2.37 bits per heavy atom. The fourth-order valence-electron chi connectivity index (χ4n) is 8.24. The second kappa shape index (κ2) is 15.7. The lowest BCUT2D eigenvalue weighted by molar-refractivity contribution is -0.136. The molecule has 0 spiro atoms. The molecule has 1 aliphatic carbocycles. The summed E-state index contributed by atoms with van der Waals surface area (Å²) in [5.41, 5.74) is 5.91. The van der Waals surface area contributed by atoms with Crippen LogP contribution in [0.15, 0.2) is 73.2 Å². The Hall–Kier alpha value is -5.70. The molecule has 1 saturated carbocycles. The van der Waals surface area contributed by atoms with Gasteiger partial charge in [0.2, 0.25) is 17.7 Å². The molecule has 3 fully saturated rings. The highest BCUT2D eigenvalue weighted by molar-refractivity contribution is 6.23. The van der Waals surface area contributed by atoms with Crippen molar-refractivity contribution in [3.05, 3.63) is 84.3 Å². The van der Waals surface area contributed by atoms with Gasteiger partial charge < -0.3 is 28.4 Å². The smallest absolute Gasteiger partial charge is 0.262 e. The average molecular weight is 773 g/mol. The van der Waals surface area contributed by atoms with Gasteiger partial charge in [-0.1, -0.05) is 12.1 Å². The van der Waals surface area contributed by atoms with Crippen molar-refractivity contribution < 1.29 is 38.1 Å². The Labute approximate surface area is 329 Å². The molecule has 14 nitrogen and oxygen atoms in total. The number of nitrogens with zero attached hydrogens (tertiary/aromatic N) is 5. The summed E-state index contributed by atoms with van der Waals surface area (Å²) >= 11 is 0. The molecule has 0 radical (unpaired) electrons. The minimum absolute atomic E-state index is 0.0901. The van der Waals surface area contributed by atoms with Gasteiger partial charge in [0.25, 0.3) is 11.8 Å². The third kappa shape index (κ3) is 7.36. The molecule has 1 unspecified atom stereocenters. The molecule has 1 N–H and O–H groups in total. The monoisotopic (exact) mass is 772 g/mol. The van der Waals surface area contributed by atoms with Crippen LogP contribution in [0, 0.1) is 5.92 Å². The predicted molar refractivity (Wildman–Crippen MR) is 210 cm³/mol. The van der Waals surface area contributed by atoms with E-state index in [0.29, 0.717) is 50.4 Å². The van der Waals surface area contributed by atoms with Crippen LogP contribution in [0.1, 0.15) is 52.8 Å². The SMILES string of the molecule is Cn1c2ccncc2c2ccc(-c3ccc(O[C@H]4C[C@H](OCCOCCOCCC5CN(c6ccc7c(c6)C(=O)N(C6CCC(=O)NC6=O)C7=O)C5)C4)nc3)cc21. The van der Waals surface area contributed by atoms with Crippen LogP contribution in [-0.4, -0.2) is 107 Å². The van der Waals surface area contributed by atoms with E-state index in [0.717, 1.165) is 70.5 Å². The summed E-state index contributed by atoms with van der Waals surface area (Å²) in [5.74, 6) is -0.905. The maximum absolute atomic E-state index is 13.1. The second-order valence-electron chi connectivity index (χ2n) is 15.2. The van der Waals surface area contributed by atoms with Gasteiger partial charge in [0.15, 0.2) is 0 Å². The number of hydrogen-bond donors (Lipinski definition) is 1. The first-order valence-electron chi connectivity index (χ1n) is 19.6. The molecule has 3 aromatic heterocycles. The number of benzene rings is 2. The molecule has 2 aromatic carbocycles. The highest BCUT2D eigenvalue weighted by Crippen LogP contribution is 2.35. The Bertz CT molecular complexity index is 2350. The standard InChI is InChI=1S/C43H44N6O8/c1-47-36-10-12-44-23-35(36)32-5-2-27(18-38(32)47)28-3-9-40(45-22-28)57-31-20-30(21-31)56-17-16-55-15-14-54-13-11-26-24-48(25-26)29-4-6-33-34(19-29)43(53)49(42(33)52)37-7-8-39(50)46-41(37)51/h2-6,9-10,12,18-19,22-23,26,30-31,37H,7-8,11,13-17,20-21,24-25H2,1H3,(H,46,50,51)/t30-,31-,37?. The number of piperidine rings is 1. The summed E-state index contributed by atoms with van der Waals surface area (Å²) < 4.78 is 25.7. The molecule has 0 bridgehead atoms.